The van der Waals surface area contributed by atoms with Gasteiger partial charge in [-0.1, -0.05) is 23.2 Å². The van der Waals surface area contributed by atoms with E-state index in [1.54, 1.807) is 48.5 Å². The van der Waals surface area contributed by atoms with Crippen LogP contribution in [0, 0.1) is 0 Å². The number of hydrogen-bond donors (Lipinski definition) is 3. The van der Waals surface area contributed by atoms with Crippen LogP contribution in [0.1, 0.15) is 47.8 Å². The molecule has 0 saturated carbocycles. The number of aromatic nitrogens is 1. The quantitative estimate of drug-likeness (QED) is 0.221. The van der Waals surface area contributed by atoms with E-state index in [-0.39, 0.29) is 35.4 Å². The van der Waals surface area contributed by atoms with E-state index in [4.69, 9.17) is 23.2 Å². The number of nitrogens with one attached hydrogen (secondary N) is 1. The standard InChI is InChI=1S/C30H18Cl2N2O6/c31-18-1-3-24-22(9-18)28(36)21-8-17-13-34(12-14-5-15(29(37)38)7-16(6-14)30(39)40)26-4-2-19(32)10-23(26)27(35)20(17)11-25(21)33-24/h1-11H,12-13H2,(H,33,36)(H,37,38)(H,39,40). The van der Waals surface area contributed by atoms with Crippen LogP contribution in [0.4, 0.5) is 5.69 Å². The van der Waals surface area contributed by atoms with Gasteiger partial charge >= 0.3 is 11.9 Å². The normalized spacial score (nSPS) is 12.8. The van der Waals surface area contributed by atoms with Gasteiger partial charge in [0.05, 0.1) is 16.6 Å². The van der Waals surface area contributed by atoms with Gasteiger partial charge in [-0.25, -0.2) is 9.59 Å². The number of carbonyl (C=O) groups is 3. The van der Waals surface area contributed by atoms with Crippen LogP contribution in [0.2, 0.25) is 10.0 Å². The number of ketones is 1. The average Bonchev–Trinajstić information content (AvgIpc) is 3.02. The molecule has 1 aromatic heterocycles. The lowest BCUT2D eigenvalue weighted by atomic mass is 9.96. The molecule has 8 nitrogen and oxygen atoms in total. The van der Waals surface area contributed by atoms with Crippen LogP contribution in [-0.4, -0.2) is 32.9 Å². The molecule has 0 spiro atoms. The Bertz CT molecular complexity index is 1970. The number of rotatable bonds is 4. The summed E-state index contributed by atoms with van der Waals surface area (Å²) in [4.78, 5) is 55.7. The lowest BCUT2D eigenvalue weighted by molar-refractivity contribution is 0.0696. The van der Waals surface area contributed by atoms with Gasteiger partial charge in [-0.15, -0.1) is 0 Å². The highest BCUT2D eigenvalue weighted by Gasteiger charge is 2.27. The van der Waals surface area contributed by atoms with Crippen molar-refractivity contribution in [2.75, 3.05) is 4.90 Å². The molecule has 6 rings (SSSR count). The van der Waals surface area contributed by atoms with Gasteiger partial charge in [-0.2, -0.15) is 0 Å². The first-order valence-electron chi connectivity index (χ1n) is 12.1. The molecular formula is C30H18Cl2N2O6. The highest BCUT2D eigenvalue weighted by Crippen LogP contribution is 2.35. The lowest BCUT2D eigenvalue weighted by Gasteiger charge is -2.25. The molecule has 5 aromatic rings. The molecule has 0 saturated heterocycles. The minimum atomic E-state index is -1.26. The van der Waals surface area contributed by atoms with E-state index in [0.717, 1.165) is 6.07 Å². The Kier molecular flexibility index (Phi) is 6.09. The Morgan fingerprint density at radius 2 is 1.43 bits per heavy atom. The monoisotopic (exact) mass is 572 g/mol. The zero-order valence-corrected chi connectivity index (χ0v) is 22.0. The number of fused-ring (bicyclic) bond motifs is 4. The number of anilines is 1. The van der Waals surface area contributed by atoms with Gasteiger partial charge in [0.1, 0.15) is 0 Å². The smallest absolute Gasteiger partial charge is 0.335 e. The van der Waals surface area contributed by atoms with Crippen molar-refractivity contribution in [2.45, 2.75) is 13.1 Å². The Balaban J connectivity index is 1.55. The summed E-state index contributed by atoms with van der Waals surface area (Å²) >= 11 is 12.4. The molecule has 10 heteroatoms. The van der Waals surface area contributed by atoms with Crippen LogP contribution in [0.25, 0.3) is 21.8 Å². The average molecular weight is 573 g/mol. The number of carbonyl (C=O) groups excluding carboxylic acids is 1. The van der Waals surface area contributed by atoms with Crippen molar-refractivity contribution in [3.05, 3.63) is 120 Å². The van der Waals surface area contributed by atoms with Gasteiger partial charge < -0.3 is 20.1 Å². The summed E-state index contributed by atoms with van der Waals surface area (Å²) in [6.07, 6.45) is 0. The first-order chi connectivity index (χ1) is 19.1. The third-order valence-corrected chi connectivity index (χ3v) is 7.46. The molecular weight excluding hydrogens is 555 g/mol. The van der Waals surface area contributed by atoms with E-state index < -0.39 is 11.9 Å². The number of carboxylic acids is 2. The maximum absolute atomic E-state index is 13.9. The van der Waals surface area contributed by atoms with Gasteiger partial charge in [0.25, 0.3) is 0 Å². The summed E-state index contributed by atoms with van der Waals surface area (Å²) in [7, 11) is 0. The summed E-state index contributed by atoms with van der Waals surface area (Å²) < 4.78 is 0. The number of nitrogens with zero attached hydrogens (tertiary/aromatic N) is 1. The van der Waals surface area contributed by atoms with Crippen molar-refractivity contribution >= 4 is 68.4 Å². The molecule has 2 heterocycles. The first kappa shape index (κ1) is 25.6. The minimum absolute atomic E-state index is 0.0878. The molecule has 198 valence electrons. The van der Waals surface area contributed by atoms with Gasteiger partial charge in [-0.05, 0) is 77.9 Å². The van der Waals surface area contributed by atoms with E-state index in [1.165, 1.54) is 12.1 Å². The second-order valence-electron chi connectivity index (χ2n) is 9.57. The maximum atomic E-state index is 13.9. The summed E-state index contributed by atoms with van der Waals surface area (Å²) in [5.41, 5.74) is 2.75. The van der Waals surface area contributed by atoms with E-state index in [9.17, 15) is 29.4 Å². The predicted molar refractivity (Wildman–Crippen MR) is 152 cm³/mol. The maximum Gasteiger partial charge on any atom is 0.335 e. The number of aromatic carboxylic acids is 2. The van der Waals surface area contributed by atoms with Crippen molar-refractivity contribution in [3.8, 4) is 0 Å². The van der Waals surface area contributed by atoms with Crippen LogP contribution >= 0.6 is 23.2 Å². The van der Waals surface area contributed by atoms with Crippen molar-refractivity contribution in [3.63, 3.8) is 0 Å². The summed E-state index contributed by atoms with van der Waals surface area (Å²) in [5.74, 6) is -2.81. The Morgan fingerprint density at radius 1 is 0.775 bits per heavy atom. The van der Waals surface area contributed by atoms with E-state index in [0.29, 0.717) is 59.8 Å². The highest BCUT2D eigenvalue weighted by molar-refractivity contribution is 6.32. The van der Waals surface area contributed by atoms with Crippen molar-refractivity contribution in [1.29, 1.82) is 0 Å². The minimum Gasteiger partial charge on any atom is -0.478 e. The molecule has 0 radical (unpaired) electrons. The zero-order chi connectivity index (χ0) is 28.3. The molecule has 0 unspecified atom stereocenters. The van der Waals surface area contributed by atoms with Crippen LogP contribution in [0.15, 0.2) is 71.5 Å². The topological polar surface area (TPSA) is 128 Å². The number of carboxylic acid groups (broad SMARTS) is 2. The molecule has 0 atom stereocenters. The first-order valence-corrected chi connectivity index (χ1v) is 12.8. The van der Waals surface area contributed by atoms with Crippen LogP contribution in [0.5, 0.6) is 0 Å². The fraction of sp³-hybridized carbons (Fsp3) is 0.0667. The van der Waals surface area contributed by atoms with Gasteiger partial charge in [0.15, 0.2) is 11.2 Å². The molecule has 1 aliphatic rings. The Morgan fingerprint density at radius 3 is 2.12 bits per heavy atom. The second-order valence-corrected chi connectivity index (χ2v) is 10.4. The Labute approximate surface area is 236 Å². The molecule has 0 fully saturated rings. The number of halogens is 2. The number of hydrogen-bond acceptors (Lipinski definition) is 5. The van der Waals surface area contributed by atoms with Crippen molar-refractivity contribution in [1.82, 2.24) is 4.98 Å². The van der Waals surface area contributed by atoms with Crippen molar-refractivity contribution < 1.29 is 24.6 Å². The number of benzene rings is 4. The van der Waals surface area contributed by atoms with E-state index >= 15 is 0 Å². The van der Waals surface area contributed by atoms with Crippen LogP contribution < -0.4 is 10.3 Å². The predicted octanol–water partition coefficient (Wildman–Crippen LogP) is 6.14. The van der Waals surface area contributed by atoms with E-state index in [2.05, 4.69) is 4.98 Å². The fourth-order valence-corrected chi connectivity index (χ4v) is 5.52. The molecule has 0 bridgehead atoms. The van der Waals surface area contributed by atoms with Crippen LogP contribution in [0.3, 0.4) is 0 Å². The lowest BCUT2D eigenvalue weighted by Crippen LogP contribution is -2.23. The molecule has 0 amide bonds. The number of H-pyrrole nitrogens is 1. The summed E-state index contributed by atoms with van der Waals surface area (Å²) in [5, 5.41) is 20.6. The third-order valence-electron chi connectivity index (χ3n) is 6.99. The second kappa shape index (κ2) is 9.51. The Hall–Kier alpha value is -4.66. The third kappa shape index (κ3) is 4.37. The largest absolute Gasteiger partial charge is 0.478 e. The van der Waals surface area contributed by atoms with Gasteiger partial charge in [0, 0.05) is 56.2 Å². The number of pyridine rings is 1. The van der Waals surface area contributed by atoms with E-state index in [1.807, 2.05) is 4.90 Å². The molecule has 3 N–H and O–H groups in total. The molecule has 0 aliphatic carbocycles. The molecule has 1 aliphatic heterocycles. The van der Waals surface area contributed by atoms with Crippen molar-refractivity contribution in [2.24, 2.45) is 0 Å². The summed E-state index contributed by atoms with van der Waals surface area (Å²) in [6, 6.07) is 17.1. The SMILES string of the molecule is O=C(O)c1cc(CN2Cc3cc4c(=O)c5cc(Cl)ccc5[nH]c4cc3C(=O)c3cc(Cl)ccc32)cc(C(=O)O)c1. The zero-order valence-electron chi connectivity index (χ0n) is 20.5. The molecule has 40 heavy (non-hydrogen) atoms. The summed E-state index contributed by atoms with van der Waals surface area (Å²) in [6.45, 7) is 0.267. The number of aromatic amines is 1. The van der Waals surface area contributed by atoms with Crippen LogP contribution in [-0.2, 0) is 13.1 Å². The molecule has 4 aromatic carbocycles. The fourth-order valence-electron chi connectivity index (χ4n) is 5.17. The highest BCUT2D eigenvalue weighted by atomic mass is 35.5. The van der Waals surface area contributed by atoms with Gasteiger partial charge in [-0.3, -0.25) is 9.59 Å². The van der Waals surface area contributed by atoms with Gasteiger partial charge in [0.2, 0.25) is 0 Å².